The molecule has 4 aliphatic rings. The number of aromatic nitrogens is 4. The quantitative estimate of drug-likeness (QED) is 0.354. The number of nitrogens with zero attached hydrogens (tertiary/aromatic N) is 7. The average Bonchev–Trinajstić information content (AvgIpc) is 3.64. The monoisotopic (exact) mass is 577 g/mol. The number of thiazole rings is 1. The van der Waals surface area contributed by atoms with Crippen molar-refractivity contribution in [3.63, 3.8) is 0 Å². The van der Waals surface area contributed by atoms with Crippen LogP contribution in [0.25, 0.3) is 0 Å². The van der Waals surface area contributed by atoms with Gasteiger partial charge in [0.25, 0.3) is 0 Å². The van der Waals surface area contributed by atoms with Crippen LogP contribution in [-0.4, -0.2) is 48.8 Å². The van der Waals surface area contributed by atoms with Crippen molar-refractivity contribution in [1.29, 1.82) is 0 Å². The number of halogens is 3. The highest BCUT2D eigenvalue weighted by molar-refractivity contribution is 7.09. The van der Waals surface area contributed by atoms with Crippen LogP contribution in [0, 0.1) is 5.92 Å². The molecule has 0 radical (unpaired) electrons. The highest BCUT2D eigenvalue weighted by Crippen LogP contribution is 2.46. The second-order valence-electron chi connectivity index (χ2n) is 11.2. The molecule has 0 spiro atoms. The summed E-state index contributed by atoms with van der Waals surface area (Å²) in [6.07, 6.45) is 6.12. The Kier molecular flexibility index (Phi) is 6.39. The molecule has 1 unspecified atom stereocenters. The van der Waals surface area contributed by atoms with Crippen LogP contribution < -0.4 is 4.90 Å². The van der Waals surface area contributed by atoms with Gasteiger partial charge < -0.3 is 14.4 Å². The Bertz CT molecular complexity index is 1590. The molecule has 0 amide bonds. The molecule has 3 aromatic rings. The van der Waals surface area contributed by atoms with Gasteiger partial charge in [-0.2, -0.15) is 13.2 Å². The van der Waals surface area contributed by atoms with Gasteiger partial charge in [0.15, 0.2) is 0 Å². The van der Waals surface area contributed by atoms with E-state index in [1.54, 1.807) is 39.9 Å². The standard InChI is InChI=1S/C30H30F3N7S/c1-19-39(23-8-4-7-22(12-23)28(21-5-3-6-21)29-36-35-17-37(29)2)16-26-24(30(31,32)33)11-20(14-40(19)26)13-38-10-9-27-25(15-38)34-18-41-27/h4,7-8,11-12,14,16-18,21,28H,1,3,5-6,9-10,13,15H2,2H3. The van der Waals surface area contributed by atoms with Crippen LogP contribution in [0.2, 0.25) is 0 Å². The third-order valence-corrected chi connectivity index (χ3v) is 9.52. The van der Waals surface area contributed by atoms with E-state index in [0.29, 0.717) is 30.4 Å². The van der Waals surface area contributed by atoms with E-state index in [-0.39, 0.29) is 11.6 Å². The second-order valence-corrected chi connectivity index (χ2v) is 12.1. The van der Waals surface area contributed by atoms with Crippen LogP contribution in [0.15, 0.2) is 83.8 Å². The van der Waals surface area contributed by atoms with Crippen LogP contribution in [0.1, 0.15) is 47.1 Å². The van der Waals surface area contributed by atoms with Crippen LogP contribution in [0.4, 0.5) is 18.9 Å². The molecule has 212 valence electrons. The number of allylic oxidation sites excluding steroid dienone is 1. The summed E-state index contributed by atoms with van der Waals surface area (Å²) in [6, 6.07) is 8.01. The Balaban J connectivity index is 1.19. The summed E-state index contributed by atoms with van der Waals surface area (Å²) in [7, 11) is 1.95. The van der Waals surface area contributed by atoms with Crippen LogP contribution >= 0.6 is 11.3 Å². The molecule has 5 heterocycles. The van der Waals surface area contributed by atoms with Crippen molar-refractivity contribution in [1.82, 2.24) is 29.5 Å². The third-order valence-electron chi connectivity index (χ3n) is 8.59. The first kappa shape index (κ1) is 26.2. The summed E-state index contributed by atoms with van der Waals surface area (Å²) in [5, 5.41) is 8.52. The van der Waals surface area contributed by atoms with E-state index >= 15 is 0 Å². The number of hydrogen-bond donors (Lipinski definition) is 0. The van der Waals surface area contributed by atoms with Crippen LogP contribution in [0.5, 0.6) is 0 Å². The molecule has 7 nitrogen and oxygen atoms in total. The first-order valence-corrected chi connectivity index (χ1v) is 14.7. The first-order chi connectivity index (χ1) is 19.8. The minimum absolute atomic E-state index is 0.0715. The summed E-state index contributed by atoms with van der Waals surface area (Å²) in [4.78, 5) is 11.2. The summed E-state index contributed by atoms with van der Waals surface area (Å²) in [5.74, 6) is 1.89. The third kappa shape index (κ3) is 4.70. The lowest BCUT2D eigenvalue weighted by atomic mass is 9.72. The molecule has 1 aromatic carbocycles. The molecule has 3 aliphatic heterocycles. The maximum Gasteiger partial charge on any atom is 0.418 e. The number of anilines is 1. The Morgan fingerprint density at radius 3 is 2.76 bits per heavy atom. The number of alkyl halides is 3. The lowest BCUT2D eigenvalue weighted by Gasteiger charge is -2.34. The SMILES string of the molecule is C=C1N2C=C(CN3CCc4scnc4C3)C=C(C(F)(F)F)C2=CN1c1cccc(C(c2nncn2C)C2CCC2)c1. The zero-order valence-electron chi connectivity index (χ0n) is 22.7. The minimum atomic E-state index is -4.51. The van der Waals surface area contributed by atoms with Gasteiger partial charge in [-0.25, -0.2) is 4.98 Å². The van der Waals surface area contributed by atoms with Gasteiger partial charge in [-0.15, -0.1) is 21.5 Å². The molecule has 1 saturated carbocycles. The van der Waals surface area contributed by atoms with E-state index in [1.807, 2.05) is 29.3 Å². The number of fused-ring (bicyclic) bond motifs is 2. The molecule has 2 aromatic heterocycles. The van der Waals surface area contributed by atoms with E-state index in [9.17, 15) is 13.2 Å². The topological polar surface area (TPSA) is 53.3 Å². The summed E-state index contributed by atoms with van der Waals surface area (Å²) < 4.78 is 45.1. The molecule has 0 bridgehead atoms. The Morgan fingerprint density at radius 2 is 2.02 bits per heavy atom. The summed E-state index contributed by atoms with van der Waals surface area (Å²) in [5.41, 5.74) is 4.73. The zero-order chi connectivity index (χ0) is 28.3. The fraction of sp³-hybridized carbons (Fsp3) is 0.367. The average molecular weight is 578 g/mol. The molecule has 1 atom stereocenters. The molecule has 11 heteroatoms. The molecule has 0 N–H and O–H groups in total. The maximum absolute atomic E-state index is 14.4. The highest BCUT2D eigenvalue weighted by atomic mass is 32.1. The van der Waals surface area contributed by atoms with Crippen molar-refractivity contribution < 1.29 is 13.2 Å². The Hall–Kier alpha value is -3.70. The van der Waals surface area contributed by atoms with Gasteiger partial charge in [0.2, 0.25) is 0 Å². The molecular weight excluding hydrogens is 547 g/mol. The molecule has 0 saturated heterocycles. The van der Waals surface area contributed by atoms with Crippen molar-refractivity contribution in [2.75, 3.05) is 18.0 Å². The zero-order valence-corrected chi connectivity index (χ0v) is 23.5. The van der Waals surface area contributed by atoms with E-state index in [1.165, 1.54) is 17.4 Å². The second kappa shape index (κ2) is 9.99. The van der Waals surface area contributed by atoms with Crippen molar-refractivity contribution in [3.05, 3.63) is 106 Å². The summed E-state index contributed by atoms with van der Waals surface area (Å²) in [6.45, 7) is 6.07. The van der Waals surface area contributed by atoms with Crippen molar-refractivity contribution in [2.24, 2.45) is 13.0 Å². The Morgan fingerprint density at radius 1 is 1.17 bits per heavy atom. The van der Waals surface area contributed by atoms with Gasteiger partial charge in [0.05, 0.1) is 22.5 Å². The molecule has 41 heavy (non-hydrogen) atoms. The van der Waals surface area contributed by atoms with E-state index < -0.39 is 11.7 Å². The predicted molar refractivity (Wildman–Crippen MR) is 151 cm³/mol. The van der Waals surface area contributed by atoms with Crippen LogP contribution in [-0.2, 0) is 20.0 Å². The molecular formula is C30H30F3N7S. The molecule has 1 fully saturated rings. The van der Waals surface area contributed by atoms with Gasteiger partial charge >= 0.3 is 6.18 Å². The lowest BCUT2D eigenvalue weighted by Crippen LogP contribution is -2.33. The molecule has 1 aliphatic carbocycles. The highest BCUT2D eigenvalue weighted by Gasteiger charge is 2.43. The fourth-order valence-corrected chi connectivity index (χ4v) is 7.04. The van der Waals surface area contributed by atoms with Gasteiger partial charge in [0, 0.05) is 55.6 Å². The van der Waals surface area contributed by atoms with E-state index in [0.717, 1.165) is 48.6 Å². The van der Waals surface area contributed by atoms with Crippen molar-refractivity contribution in [3.8, 4) is 0 Å². The minimum Gasteiger partial charge on any atom is -0.320 e. The van der Waals surface area contributed by atoms with Crippen LogP contribution in [0.3, 0.4) is 0 Å². The Labute approximate surface area is 240 Å². The fourth-order valence-electron chi connectivity index (χ4n) is 6.27. The van der Waals surface area contributed by atoms with Crippen molar-refractivity contribution >= 4 is 17.0 Å². The lowest BCUT2D eigenvalue weighted by molar-refractivity contribution is -0.0909. The number of rotatable bonds is 6. The smallest absolute Gasteiger partial charge is 0.320 e. The van der Waals surface area contributed by atoms with Gasteiger partial charge in [-0.3, -0.25) is 4.90 Å². The number of benzene rings is 1. The number of aryl methyl sites for hydroxylation is 1. The van der Waals surface area contributed by atoms with E-state index in [4.69, 9.17) is 0 Å². The van der Waals surface area contributed by atoms with Gasteiger partial charge in [-0.05, 0) is 54.5 Å². The first-order valence-electron chi connectivity index (χ1n) is 13.8. The maximum atomic E-state index is 14.4. The van der Waals surface area contributed by atoms with Gasteiger partial charge in [0.1, 0.15) is 18.0 Å². The normalized spacial score (nSPS) is 20.3. The van der Waals surface area contributed by atoms with Gasteiger partial charge in [-0.1, -0.05) is 25.1 Å². The largest absolute Gasteiger partial charge is 0.418 e. The summed E-state index contributed by atoms with van der Waals surface area (Å²) >= 11 is 1.64. The molecule has 7 rings (SSSR count). The predicted octanol–water partition coefficient (Wildman–Crippen LogP) is 6.08. The van der Waals surface area contributed by atoms with Crippen molar-refractivity contribution in [2.45, 2.75) is 44.3 Å². The number of hydrogen-bond acceptors (Lipinski definition) is 7. The van der Waals surface area contributed by atoms with E-state index in [2.05, 4.69) is 38.8 Å².